The maximum atomic E-state index is 12.4. The van der Waals surface area contributed by atoms with Crippen LogP contribution in [0.15, 0.2) is 6.33 Å². The first-order valence-electron chi connectivity index (χ1n) is 8.58. The predicted molar refractivity (Wildman–Crippen MR) is 96.9 cm³/mol. The van der Waals surface area contributed by atoms with E-state index in [1.165, 1.54) is 11.3 Å². The normalized spacial score (nSPS) is 17.3. The molecule has 1 fully saturated rings. The Hall–Kier alpha value is -1.73. The van der Waals surface area contributed by atoms with Crippen molar-refractivity contribution in [2.45, 2.75) is 45.6 Å². The van der Waals surface area contributed by atoms with Crippen LogP contribution in [0.25, 0.3) is 10.2 Å². The first-order valence-corrected chi connectivity index (χ1v) is 9.40. The summed E-state index contributed by atoms with van der Waals surface area (Å²) in [6.07, 6.45) is 6.04. The van der Waals surface area contributed by atoms with Crippen molar-refractivity contribution in [2.24, 2.45) is 0 Å². The molecule has 1 aliphatic rings. The Morgan fingerprint density at radius 3 is 3.08 bits per heavy atom. The van der Waals surface area contributed by atoms with Crippen molar-refractivity contribution in [3.8, 4) is 0 Å². The van der Waals surface area contributed by atoms with E-state index >= 15 is 0 Å². The quantitative estimate of drug-likeness (QED) is 0.752. The van der Waals surface area contributed by atoms with Gasteiger partial charge >= 0.3 is 0 Å². The second-order valence-corrected chi connectivity index (χ2v) is 7.08. The fourth-order valence-electron chi connectivity index (χ4n) is 2.90. The third-order valence-corrected chi connectivity index (χ3v) is 5.47. The fourth-order valence-corrected chi connectivity index (χ4v) is 3.96. The van der Waals surface area contributed by atoms with Crippen LogP contribution in [-0.2, 0) is 4.74 Å². The molecule has 3 rings (SSSR count). The molecule has 6 nitrogen and oxygen atoms in total. The summed E-state index contributed by atoms with van der Waals surface area (Å²) in [5.41, 5.74) is 0.944. The molecule has 2 aromatic heterocycles. The highest BCUT2D eigenvalue weighted by atomic mass is 32.1. The van der Waals surface area contributed by atoms with E-state index in [9.17, 15) is 4.79 Å². The minimum atomic E-state index is -0.0194. The van der Waals surface area contributed by atoms with Crippen molar-refractivity contribution in [2.75, 3.05) is 25.0 Å². The van der Waals surface area contributed by atoms with Crippen molar-refractivity contribution >= 4 is 33.3 Å². The minimum Gasteiger partial charge on any atom is -0.376 e. The van der Waals surface area contributed by atoms with Gasteiger partial charge in [0.1, 0.15) is 17.0 Å². The smallest absolute Gasteiger partial charge is 0.261 e. The number of anilines is 1. The van der Waals surface area contributed by atoms with Crippen molar-refractivity contribution in [3.63, 3.8) is 0 Å². The molecule has 0 spiro atoms. The molecule has 1 amide bonds. The molecule has 0 aliphatic carbocycles. The largest absolute Gasteiger partial charge is 0.376 e. The molecule has 24 heavy (non-hydrogen) atoms. The molecule has 3 heterocycles. The summed E-state index contributed by atoms with van der Waals surface area (Å²) in [5, 5.41) is 7.30. The van der Waals surface area contributed by atoms with Crippen molar-refractivity contribution in [1.29, 1.82) is 0 Å². The average Bonchev–Trinajstić information content (AvgIpc) is 3.21. The molecule has 1 saturated heterocycles. The highest BCUT2D eigenvalue weighted by molar-refractivity contribution is 7.20. The summed E-state index contributed by atoms with van der Waals surface area (Å²) < 4.78 is 5.65. The first-order chi connectivity index (χ1) is 11.7. The highest BCUT2D eigenvalue weighted by Crippen LogP contribution is 2.33. The third-order valence-electron chi connectivity index (χ3n) is 4.27. The number of carbonyl (C=O) groups is 1. The van der Waals surface area contributed by atoms with Gasteiger partial charge in [0, 0.05) is 19.7 Å². The molecule has 1 aliphatic heterocycles. The molecule has 0 radical (unpaired) electrons. The zero-order chi connectivity index (χ0) is 16.9. The van der Waals surface area contributed by atoms with Gasteiger partial charge in [0.05, 0.1) is 16.4 Å². The van der Waals surface area contributed by atoms with Crippen molar-refractivity contribution in [3.05, 3.63) is 16.8 Å². The van der Waals surface area contributed by atoms with Gasteiger partial charge in [0.25, 0.3) is 5.91 Å². The summed E-state index contributed by atoms with van der Waals surface area (Å²) in [4.78, 5) is 22.7. The lowest BCUT2D eigenvalue weighted by molar-refractivity contribution is 0.0956. The fraction of sp³-hybridized carbons (Fsp3) is 0.588. The van der Waals surface area contributed by atoms with Gasteiger partial charge in [0.2, 0.25) is 0 Å². The number of hydrogen-bond acceptors (Lipinski definition) is 6. The van der Waals surface area contributed by atoms with Gasteiger partial charge in [-0.05, 0) is 31.7 Å². The molecule has 7 heteroatoms. The zero-order valence-corrected chi connectivity index (χ0v) is 15.0. The molecule has 2 N–H and O–H groups in total. The Bertz CT molecular complexity index is 710. The van der Waals surface area contributed by atoms with Gasteiger partial charge < -0.3 is 15.4 Å². The van der Waals surface area contributed by atoms with Crippen molar-refractivity contribution < 1.29 is 9.53 Å². The number of ether oxygens (including phenoxy) is 1. The lowest BCUT2D eigenvalue weighted by atomic mass is 10.2. The highest BCUT2D eigenvalue weighted by Gasteiger charge is 2.20. The second kappa shape index (κ2) is 7.90. The monoisotopic (exact) mass is 348 g/mol. The maximum Gasteiger partial charge on any atom is 0.261 e. The summed E-state index contributed by atoms with van der Waals surface area (Å²) in [6.45, 7) is 6.36. The first kappa shape index (κ1) is 17.1. The number of fused-ring (bicyclic) bond motifs is 1. The standard InChI is InChI=1S/C17H24N4O2S/c1-3-4-7-18-16(22)14-11(2)13-15(20-10-21-17(13)24-14)19-9-12-6-5-8-23-12/h10,12H,3-9H2,1-2H3,(H,18,22)(H,19,20,21)/t12-/m0/s1. The Morgan fingerprint density at radius 2 is 2.33 bits per heavy atom. The summed E-state index contributed by atoms with van der Waals surface area (Å²) in [7, 11) is 0. The Labute approximate surface area is 146 Å². The van der Waals surface area contributed by atoms with Crippen LogP contribution < -0.4 is 10.6 Å². The number of nitrogens with one attached hydrogen (secondary N) is 2. The molecule has 0 saturated carbocycles. The van der Waals surface area contributed by atoms with E-state index in [1.807, 2.05) is 6.92 Å². The molecule has 0 unspecified atom stereocenters. The van der Waals surface area contributed by atoms with Gasteiger partial charge in [-0.3, -0.25) is 4.79 Å². The maximum absolute atomic E-state index is 12.4. The number of thiophene rings is 1. The lowest BCUT2D eigenvalue weighted by Crippen LogP contribution is -2.24. The van der Waals surface area contributed by atoms with E-state index in [-0.39, 0.29) is 12.0 Å². The van der Waals surface area contributed by atoms with E-state index in [0.717, 1.165) is 65.3 Å². The number of carbonyl (C=O) groups excluding carboxylic acids is 1. The lowest BCUT2D eigenvalue weighted by Gasteiger charge is -2.12. The molecule has 2 aromatic rings. The Balaban J connectivity index is 1.79. The van der Waals surface area contributed by atoms with Crippen molar-refractivity contribution in [1.82, 2.24) is 15.3 Å². The van der Waals surface area contributed by atoms with Crippen LogP contribution in [0.3, 0.4) is 0 Å². The second-order valence-electron chi connectivity index (χ2n) is 6.08. The van der Waals surface area contributed by atoms with Gasteiger partial charge in [-0.15, -0.1) is 11.3 Å². The third kappa shape index (κ3) is 3.67. The number of aryl methyl sites for hydroxylation is 1. The number of rotatable bonds is 7. The number of unbranched alkanes of at least 4 members (excludes halogenated alkanes) is 1. The molecule has 0 aromatic carbocycles. The SMILES string of the molecule is CCCCNC(=O)c1sc2ncnc(NC[C@@H]3CCCO3)c2c1C. The van der Waals surface area contributed by atoms with Gasteiger partial charge in [-0.25, -0.2) is 9.97 Å². The topological polar surface area (TPSA) is 76.1 Å². The van der Waals surface area contributed by atoms with E-state index in [0.29, 0.717) is 6.54 Å². The van der Waals surface area contributed by atoms with Crippen LogP contribution in [0.1, 0.15) is 47.8 Å². The van der Waals surface area contributed by atoms with E-state index in [2.05, 4.69) is 27.5 Å². The van der Waals surface area contributed by atoms with E-state index in [4.69, 9.17) is 4.74 Å². The van der Waals surface area contributed by atoms with Crippen LogP contribution in [-0.4, -0.2) is 41.7 Å². The molecular weight excluding hydrogens is 324 g/mol. The van der Waals surface area contributed by atoms with Gasteiger partial charge in [-0.1, -0.05) is 13.3 Å². The number of aromatic nitrogens is 2. The number of nitrogens with zero attached hydrogens (tertiary/aromatic N) is 2. The summed E-state index contributed by atoms with van der Waals surface area (Å²) >= 11 is 1.43. The zero-order valence-electron chi connectivity index (χ0n) is 14.2. The van der Waals surface area contributed by atoms with Crippen LogP contribution in [0.5, 0.6) is 0 Å². The summed E-state index contributed by atoms with van der Waals surface area (Å²) in [6, 6.07) is 0. The Kier molecular flexibility index (Phi) is 5.63. The molecule has 0 bridgehead atoms. The van der Waals surface area contributed by atoms with Crippen LogP contribution >= 0.6 is 11.3 Å². The van der Waals surface area contributed by atoms with E-state index in [1.54, 1.807) is 6.33 Å². The van der Waals surface area contributed by atoms with E-state index < -0.39 is 0 Å². The van der Waals surface area contributed by atoms with Crippen LogP contribution in [0, 0.1) is 6.92 Å². The predicted octanol–water partition coefficient (Wildman–Crippen LogP) is 3.12. The average molecular weight is 348 g/mol. The molecule has 130 valence electrons. The number of hydrogen-bond donors (Lipinski definition) is 2. The van der Waals surface area contributed by atoms with Crippen LogP contribution in [0.4, 0.5) is 5.82 Å². The summed E-state index contributed by atoms with van der Waals surface area (Å²) in [5.74, 6) is 0.769. The van der Waals surface area contributed by atoms with Gasteiger partial charge in [-0.2, -0.15) is 0 Å². The molecule has 1 atom stereocenters. The van der Waals surface area contributed by atoms with Gasteiger partial charge in [0.15, 0.2) is 0 Å². The Morgan fingerprint density at radius 1 is 1.46 bits per heavy atom. The van der Waals surface area contributed by atoms with Crippen LogP contribution in [0.2, 0.25) is 0 Å². The minimum absolute atomic E-state index is 0.0194. The molecular formula is C17H24N4O2S. The number of amides is 1.